The van der Waals surface area contributed by atoms with Gasteiger partial charge in [0.05, 0.1) is 18.8 Å². The molecule has 0 amide bonds. The highest BCUT2D eigenvalue weighted by Crippen LogP contribution is 2.42. The highest BCUT2D eigenvalue weighted by Gasteiger charge is 2.38. The number of benzene rings is 1. The van der Waals surface area contributed by atoms with Crippen molar-refractivity contribution in [1.82, 2.24) is 5.32 Å². The van der Waals surface area contributed by atoms with Gasteiger partial charge in [0.25, 0.3) is 0 Å². The Balaban J connectivity index is 2.16. The van der Waals surface area contributed by atoms with Crippen molar-refractivity contribution in [2.75, 3.05) is 13.2 Å². The Hall–Kier alpha value is -0.900. The summed E-state index contributed by atoms with van der Waals surface area (Å²) in [6.45, 7) is 1.93. The summed E-state index contributed by atoms with van der Waals surface area (Å²) in [5.41, 5.74) is 0.683. The lowest BCUT2D eigenvalue weighted by molar-refractivity contribution is 0.0746. The van der Waals surface area contributed by atoms with Gasteiger partial charge in [-0.05, 0) is 30.7 Å². The number of aliphatic hydroxyl groups is 2. The molecule has 1 aromatic rings. The summed E-state index contributed by atoms with van der Waals surface area (Å²) >= 11 is 0. The molecule has 0 aromatic heterocycles. The summed E-state index contributed by atoms with van der Waals surface area (Å²) in [6.07, 6.45) is 3.17. The molecule has 2 rings (SSSR count). The average Bonchev–Trinajstić information content (AvgIpc) is 3.27. The van der Waals surface area contributed by atoms with Gasteiger partial charge >= 0.3 is 0 Å². The normalized spacial score (nSPS) is 17.7. The van der Waals surface area contributed by atoms with Gasteiger partial charge in [0.2, 0.25) is 0 Å². The summed E-state index contributed by atoms with van der Waals surface area (Å²) in [6, 6.07) is 10.6. The Morgan fingerprint density at radius 3 is 2.28 bits per heavy atom. The zero-order valence-electron chi connectivity index (χ0n) is 11.0. The van der Waals surface area contributed by atoms with Crippen molar-refractivity contribution >= 4 is 0 Å². The third-order valence-corrected chi connectivity index (χ3v) is 4.00. The van der Waals surface area contributed by atoms with Crippen LogP contribution in [0.5, 0.6) is 0 Å². The van der Waals surface area contributed by atoms with Crippen molar-refractivity contribution in [2.45, 2.75) is 37.8 Å². The fourth-order valence-electron chi connectivity index (χ4n) is 2.36. The Morgan fingerprint density at radius 2 is 1.83 bits per heavy atom. The maximum atomic E-state index is 9.55. The average molecular weight is 249 g/mol. The second-order valence-electron chi connectivity index (χ2n) is 5.32. The first-order valence-corrected chi connectivity index (χ1v) is 6.79. The summed E-state index contributed by atoms with van der Waals surface area (Å²) in [5, 5.41) is 22.6. The molecule has 1 aliphatic rings. The van der Waals surface area contributed by atoms with Gasteiger partial charge in [-0.15, -0.1) is 0 Å². The molecule has 0 spiro atoms. The molecule has 1 saturated carbocycles. The van der Waals surface area contributed by atoms with E-state index in [4.69, 9.17) is 0 Å². The first-order valence-electron chi connectivity index (χ1n) is 6.79. The minimum Gasteiger partial charge on any atom is -0.394 e. The molecule has 1 fully saturated rings. The van der Waals surface area contributed by atoms with E-state index in [9.17, 15) is 10.2 Å². The van der Waals surface area contributed by atoms with E-state index in [1.807, 2.05) is 25.1 Å². The molecule has 1 aliphatic carbocycles. The highest BCUT2D eigenvalue weighted by molar-refractivity contribution is 5.22. The van der Waals surface area contributed by atoms with Crippen molar-refractivity contribution in [2.24, 2.45) is 5.92 Å². The van der Waals surface area contributed by atoms with E-state index in [-0.39, 0.29) is 19.3 Å². The zero-order chi connectivity index (χ0) is 13.0. The Bertz CT molecular complexity index is 350. The monoisotopic (exact) mass is 249 g/mol. The van der Waals surface area contributed by atoms with Gasteiger partial charge in [-0.1, -0.05) is 37.3 Å². The number of nitrogens with one attached hydrogen (secondary N) is 1. The topological polar surface area (TPSA) is 52.5 Å². The van der Waals surface area contributed by atoms with Crippen LogP contribution in [0.4, 0.5) is 0 Å². The lowest BCUT2D eigenvalue weighted by atomic mass is 9.93. The van der Waals surface area contributed by atoms with Gasteiger partial charge in [-0.25, -0.2) is 0 Å². The van der Waals surface area contributed by atoms with Gasteiger partial charge in [-0.2, -0.15) is 0 Å². The summed E-state index contributed by atoms with van der Waals surface area (Å²) in [7, 11) is 0. The maximum absolute atomic E-state index is 9.55. The van der Waals surface area contributed by atoms with Crippen molar-refractivity contribution in [3.05, 3.63) is 35.9 Å². The van der Waals surface area contributed by atoms with E-state index in [1.54, 1.807) is 0 Å². The first-order chi connectivity index (χ1) is 8.74. The van der Waals surface area contributed by atoms with Crippen LogP contribution in [-0.2, 0) is 0 Å². The van der Waals surface area contributed by atoms with E-state index in [2.05, 4.69) is 17.4 Å². The second-order valence-corrected chi connectivity index (χ2v) is 5.32. The Morgan fingerprint density at radius 1 is 1.22 bits per heavy atom. The molecule has 0 saturated heterocycles. The van der Waals surface area contributed by atoms with Crippen molar-refractivity contribution < 1.29 is 10.2 Å². The van der Waals surface area contributed by atoms with Crippen molar-refractivity contribution in [3.63, 3.8) is 0 Å². The van der Waals surface area contributed by atoms with Gasteiger partial charge in [0.15, 0.2) is 0 Å². The quantitative estimate of drug-likeness (QED) is 0.691. The number of aliphatic hydroxyl groups excluding tert-OH is 2. The van der Waals surface area contributed by atoms with Crippen LogP contribution in [-0.4, -0.2) is 29.0 Å². The Labute approximate surface area is 109 Å². The van der Waals surface area contributed by atoms with Crippen LogP contribution in [0, 0.1) is 5.92 Å². The van der Waals surface area contributed by atoms with Crippen LogP contribution in [0.1, 0.15) is 37.8 Å². The van der Waals surface area contributed by atoms with Crippen molar-refractivity contribution in [3.8, 4) is 0 Å². The molecule has 3 N–H and O–H groups in total. The van der Waals surface area contributed by atoms with Crippen molar-refractivity contribution in [1.29, 1.82) is 0 Å². The van der Waals surface area contributed by atoms with E-state index in [0.29, 0.717) is 5.92 Å². The molecule has 18 heavy (non-hydrogen) atoms. The van der Waals surface area contributed by atoms with Crippen LogP contribution in [0.25, 0.3) is 0 Å². The van der Waals surface area contributed by atoms with Gasteiger partial charge in [0, 0.05) is 6.04 Å². The fraction of sp³-hybridized carbons (Fsp3) is 0.600. The molecule has 0 radical (unpaired) electrons. The Kier molecular flexibility index (Phi) is 4.38. The van der Waals surface area contributed by atoms with Gasteiger partial charge < -0.3 is 15.5 Å². The molecule has 1 aromatic carbocycles. The SMILES string of the molecule is CCC(CO)(CO)NC(c1ccccc1)C1CC1. The van der Waals surface area contributed by atoms with Crippen LogP contribution >= 0.6 is 0 Å². The van der Waals surface area contributed by atoms with E-state index < -0.39 is 5.54 Å². The minimum absolute atomic E-state index is 0.0317. The van der Waals surface area contributed by atoms with Gasteiger partial charge in [0.1, 0.15) is 0 Å². The van der Waals surface area contributed by atoms with Crippen LogP contribution in [0.15, 0.2) is 30.3 Å². The van der Waals surface area contributed by atoms with E-state index in [0.717, 1.165) is 6.42 Å². The summed E-state index contributed by atoms with van der Waals surface area (Å²) in [4.78, 5) is 0. The number of hydrogen-bond acceptors (Lipinski definition) is 3. The van der Waals surface area contributed by atoms with E-state index >= 15 is 0 Å². The molecule has 1 atom stereocenters. The standard InChI is InChI=1S/C15H23NO2/c1-2-15(10-17,11-18)16-14(13-8-9-13)12-6-4-3-5-7-12/h3-7,13-14,16-18H,2,8-11H2,1H3. The summed E-state index contributed by atoms with van der Waals surface area (Å²) < 4.78 is 0. The van der Waals surface area contributed by atoms with Gasteiger partial charge in [-0.3, -0.25) is 0 Å². The molecule has 0 heterocycles. The van der Waals surface area contributed by atoms with Crippen LogP contribution < -0.4 is 5.32 Å². The third-order valence-electron chi connectivity index (χ3n) is 4.00. The lowest BCUT2D eigenvalue weighted by Gasteiger charge is -2.35. The molecule has 0 aliphatic heterocycles. The predicted molar refractivity (Wildman–Crippen MR) is 72.2 cm³/mol. The van der Waals surface area contributed by atoms with Crippen LogP contribution in [0.3, 0.4) is 0 Å². The lowest BCUT2D eigenvalue weighted by Crippen LogP contribution is -2.53. The fourth-order valence-corrected chi connectivity index (χ4v) is 2.36. The zero-order valence-corrected chi connectivity index (χ0v) is 11.0. The molecule has 1 unspecified atom stereocenters. The number of hydrogen-bond donors (Lipinski definition) is 3. The smallest absolute Gasteiger partial charge is 0.0650 e. The van der Waals surface area contributed by atoms with Crippen LogP contribution in [0.2, 0.25) is 0 Å². The second kappa shape index (κ2) is 5.83. The molecule has 0 bridgehead atoms. The molecule has 3 heteroatoms. The molecule has 100 valence electrons. The third kappa shape index (κ3) is 2.91. The minimum atomic E-state index is -0.566. The molecular formula is C15H23NO2. The largest absolute Gasteiger partial charge is 0.394 e. The summed E-state index contributed by atoms with van der Waals surface area (Å²) in [5.74, 6) is 0.636. The van der Waals surface area contributed by atoms with E-state index in [1.165, 1.54) is 18.4 Å². The predicted octanol–water partition coefficient (Wildman–Crippen LogP) is 1.86. The highest BCUT2D eigenvalue weighted by atomic mass is 16.3. The molecular weight excluding hydrogens is 226 g/mol. The maximum Gasteiger partial charge on any atom is 0.0650 e. The molecule has 3 nitrogen and oxygen atoms in total. The number of rotatable bonds is 7. The first kappa shape index (κ1) is 13.5.